The van der Waals surface area contributed by atoms with Crippen molar-refractivity contribution in [2.24, 2.45) is 0 Å². The van der Waals surface area contributed by atoms with Crippen LogP contribution in [0.4, 0.5) is 5.69 Å². The van der Waals surface area contributed by atoms with E-state index >= 15 is 0 Å². The molecule has 0 atom stereocenters. The lowest BCUT2D eigenvalue weighted by Crippen LogP contribution is -2.37. The van der Waals surface area contributed by atoms with Crippen LogP contribution in [0.5, 0.6) is 0 Å². The van der Waals surface area contributed by atoms with Gasteiger partial charge in [-0.2, -0.15) is 0 Å². The minimum atomic E-state index is -0.112. The number of benzene rings is 1. The number of rotatable bonds is 4. The highest BCUT2D eigenvalue weighted by Gasteiger charge is 2.23. The van der Waals surface area contributed by atoms with Gasteiger partial charge in [-0.15, -0.1) is 11.3 Å². The molecule has 2 heterocycles. The van der Waals surface area contributed by atoms with E-state index in [1.807, 2.05) is 22.4 Å². The molecular formula is C18H19Cl2N3O2S. The number of carbonyl (C=O) groups excluding carboxylic acids is 2. The second-order valence-corrected chi connectivity index (χ2v) is 7.78. The second kappa shape index (κ2) is 8.86. The Morgan fingerprint density at radius 2 is 1.85 bits per heavy atom. The lowest BCUT2D eigenvalue weighted by Gasteiger charge is -2.21. The van der Waals surface area contributed by atoms with Gasteiger partial charge in [-0.25, -0.2) is 0 Å². The molecule has 1 N–H and O–H groups in total. The summed E-state index contributed by atoms with van der Waals surface area (Å²) in [5, 5.41) is 5.67. The van der Waals surface area contributed by atoms with Crippen LogP contribution in [0.1, 0.15) is 16.1 Å². The number of carbonyl (C=O) groups is 2. The van der Waals surface area contributed by atoms with Gasteiger partial charge >= 0.3 is 0 Å². The predicted molar refractivity (Wildman–Crippen MR) is 106 cm³/mol. The molecule has 0 spiro atoms. The number of nitrogens with one attached hydrogen (secondary N) is 1. The Bertz CT molecular complexity index is 796. The molecule has 1 aromatic heterocycles. The first-order chi connectivity index (χ1) is 12.5. The van der Waals surface area contributed by atoms with E-state index in [2.05, 4.69) is 10.2 Å². The first-order valence-electron chi connectivity index (χ1n) is 8.33. The van der Waals surface area contributed by atoms with Crippen molar-refractivity contribution in [2.45, 2.75) is 6.42 Å². The average molecular weight is 412 g/mol. The SMILES string of the molecule is O=C(CN1CCCN(C(=O)c2sccc2Cl)CC1)Nc1ccccc1Cl. The molecule has 1 aliphatic rings. The first-order valence-corrected chi connectivity index (χ1v) is 9.97. The van der Waals surface area contributed by atoms with Crippen molar-refractivity contribution in [1.29, 1.82) is 0 Å². The van der Waals surface area contributed by atoms with Crippen molar-refractivity contribution in [3.8, 4) is 0 Å². The summed E-state index contributed by atoms with van der Waals surface area (Å²) >= 11 is 13.5. The van der Waals surface area contributed by atoms with Crippen LogP contribution in [0.2, 0.25) is 10.0 Å². The van der Waals surface area contributed by atoms with Gasteiger partial charge in [-0.05, 0) is 30.0 Å². The van der Waals surface area contributed by atoms with Gasteiger partial charge < -0.3 is 10.2 Å². The molecule has 1 aromatic carbocycles. The zero-order chi connectivity index (χ0) is 18.5. The fourth-order valence-electron chi connectivity index (χ4n) is 2.88. The van der Waals surface area contributed by atoms with Gasteiger partial charge in [0.25, 0.3) is 5.91 Å². The summed E-state index contributed by atoms with van der Waals surface area (Å²) in [5.41, 5.74) is 0.609. The normalized spacial score (nSPS) is 15.5. The summed E-state index contributed by atoms with van der Waals surface area (Å²) in [7, 11) is 0. The van der Waals surface area contributed by atoms with Crippen LogP contribution in [0.25, 0.3) is 0 Å². The number of halogens is 2. The number of hydrogen-bond donors (Lipinski definition) is 1. The van der Waals surface area contributed by atoms with Crippen molar-refractivity contribution >= 4 is 52.0 Å². The average Bonchev–Trinajstić information content (AvgIpc) is 2.91. The minimum absolute atomic E-state index is 0.0348. The molecular weight excluding hydrogens is 393 g/mol. The number of anilines is 1. The monoisotopic (exact) mass is 411 g/mol. The molecule has 5 nitrogen and oxygen atoms in total. The fourth-order valence-corrected chi connectivity index (χ4v) is 4.16. The lowest BCUT2D eigenvalue weighted by atomic mass is 10.3. The largest absolute Gasteiger partial charge is 0.337 e. The zero-order valence-electron chi connectivity index (χ0n) is 14.1. The number of hydrogen-bond acceptors (Lipinski definition) is 4. The summed E-state index contributed by atoms with van der Waals surface area (Å²) in [5.74, 6) is -0.147. The van der Waals surface area contributed by atoms with Gasteiger partial charge in [0, 0.05) is 26.2 Å². The van der Waals surface area contributed by atoms with E-state index in [4.69, 9.17) is 23.2 Å². The van der Waals surface area contributed by atoms with Crippen LogP contribution in [0.15, 0.2) is 35.7 Å². The van der Waals surface area contributed by atoms with Crippen molar-refractivity contribution in [2.75, 3.05) is 38.0 Å². The highest BCUT2D eigenvalue weighted by Crippen LogP contribution is 2.24. The van der Waals surface area contributed by atoms with Crippen LogP contribution in [-0.4, -0.2) is 54.3 Å². The Balaban J connectivity index is 1.54. The van der Waals surface area contributed by atoms with Crippen LogP contribution in [0, 0.1) is 0 Å². The number of para-hydroxylation sites is 1. The molecule has 0 radical (unpaired) electrons. The van der Waals surface area contributed by atoms with E-state index in [0.29, 0.717) is 40.2 Å². The Morgan fingerprint density at radius 1 is 1.04 bits per heavy atom. The molecule has 1 aliphatic heterocycles. The maximum absolute atomic E-state index is 12.6. The smallest absolute Gasteiger partial charge is 0.265 e. The molecule has 3 rings (SSSR count). The molecule has 1 fully saturated rings. The van der Waals surface area contributed by atoms with Crippen LogP contribution in [-0.2, 0) is 4.79 Å². The quantitative estimate of drug-likeness (QED) is 0.830. The van der Waals surface area contributed by atoms with E-state index in [1.165, 1.54) is 11.3 Å². The number of amides is 2. The predicted octanol–water partition coefficient (Wildman–Crippen LogP) is 3.84. The summed E-state index contributed by atoms with van der Waals surface area (Å²) in [6.45, 7) is 2.91. The summed E-state index contributed by atoms with van der Waals surface area (Å²) in [6.07, 6.45) is 0.814. The number of nitrogens with zero attached hydrogens (tertiary/aromatic N) is 2. The molecule has 26 heavy (non-hydrogen) atoms. The van der Waals surface area contributed by atoms with Crippen LogP contribution >= 0.6 is 34.5 Å². The van der Waals surface area contributed by atoms with Crippen molar-refractivity contribution < 1.29 is 9.59 Å². The Kier molecular flexibility index (Phi) is 6.53. The third kappa shape index (κ3) is 4.76. The Labute approximate surface area is 166 Å². The third-order valence-electron chi connectivity index (χ3n) is 4.20. The molecule has 1 saturated heterocycles. The van der Waals surface area contributed by atoms with E-state index in [0.717, 1.165) is 13.0 Å². The van der Waals surface area contributed by atoms with Crippen molar-refractivity contribution in [3.05, 3.63) is 50.6 Å². The summed E-state index contributed by atoms with van der Waals surface area (Å²) in [6, 6.07) is 8.89. The van der Waals surface area contributed by atoms with Gasteiger partial charge in [0.05, 0.1) is 22.3 Å². The van der Waals surface area contributed by atoms with E-state index in [9.17, 15) is 9.59 Å². The molecule has 0 aliphatic carbocycles. The zero-order valence-corrected chi connectivity index (χ0v) is 16.4. The first kappa shape index (κ1) is 19.2. The molecule has 2 aromatic rings. The highest BCUT2D eigenvalue weighted by molar-refractivity contribution is 7.12. The molecule has 138 valence electrons. The van der Waals surface area contributed by atoms with E-state index in [-0.39, 0.29) is 18.4 Å². The Morgan fingerprint density at radius 3 is 2.58 bits per heavy atom. The minimum Gasteiger partial charge on any atom is -0.337 e. The number of thiophene rings is 1. The lowest BCUT2D eigenvalue weighted by molar-refractivity contribution is -0.117. The van der Waals surface area contributed by atoms with Gasteiger partial charge in [0.1, 0.15) is 4.88 Å². The van der Waals surface area contributed by atoms with Crippen molar-refractivity contribution in [3.63, 3.8) is 0 Å². The maximum Gasteiger partial charge on any atom is 0.265 e. The van der Waals surface area contributed by atoms with Gasteiger partial charge in [0.15, 0.2) is 0 Å². The van der Waals surface area contributed by atoms with Gasteiger partial charge in [-0.3, -0.25) is 14.5 Å². The fraction of sp³-hybridized carbons (Fsp3) is 0.333. The molecule has 0 unspecified atom stereocenters. The van der Waals surface area contributed by atoms with E-state index < -0.39 is 0 Å². The second-order valence-electron chi connectivity index (χ2n) is 6.05. The maximum atomic E-state index is 12.6. The topological polar surface area (TPSA) is 52.7 Å². The van der Waals surface area contributed by atoms with Gasteiger partial charge in [0.2, 0.25) is 5.91 Å². The summed E-state index contributed by atoms with van der Waals surface area (Å²) < 4.78 is 0. The van der Waals surface area contributed by atoms with E-state index in [1.54, 1.807) is 18.2 Å². The Hall–Kier alpha value is -1.60. The molecule has 8 heteroatoms. The van der Waals surface area contributed by atoms with Crippen LogP contribution < -0.4 is 5.32 Å². The standard InChI is InChI=1S/C18H19Cl2N3O2S/c19-13-4-1-2-5-15(13)21-16(24)12-22-7-3-8-23(10-9-22)18(25)17-14(20)6-11-26-17/h1-2,4-6,11H,3,7-10,12H2,(H,21,24). The summed E-state index contributed by atoms with van der Waals surface area (Å²) in [4.78, 5) is 29.3. The highest BCUT2D eigenvalue weighted by atomic mass is 35.5. The molecule has 0 bridgehead atoms. The molecule has 0 saturated carbocycles. The van der Waals surface area contributed by atoms with Crippen LogP contribution in [0.3, 0.4) is 0 Å². The van der Waals surface area contributed by atoms with Gasteiger partial charge in [-0.1, -0.05) is 35.3 Å². The van der Waals surface area contributed by atoms with Crippen molar-refractivity contribution in [1.82, 2.24) is 9.80 Å². The molecule has 2 amide bonds. The third-order valence-corrected chi connectivity index (χ3v) is 5.86.